The Morgan fingerprint density at radius 3 is 2.75 bits per heavy atom. The van der Waals surface area contributed by atoms with Gasteiger partial charge in [-0.15, -0.1) is 0 Å². The van der Waals surface area contributed by atoms with E-state index in [2.05, 4.69) is 21.2 Å². The molecular formula is C14H18BrFN2O2. The van der Waals surface area contributed by atoms with Crippen LogP contribution in [-0.4, -0.2) is 24.6 Å². The minimum atomic E-state index is -0.499. The molecule has 0 radical (unpaired) electrons. The monoisotopic (exact) mass is 344 g/mol. The van der Waals surface area contributed by atoms with Gasteiger partial charge in [0.05, 0.1) is 5.54 Å². The third-order valence-electron chi connectivity index (χ3n) is 3.61. The van der Waals surface area contributed by atoms with Crippen LogP contribution in [0.4, 0.5) is 4.39 Å². The molecule has 1 aliphatic rings. The lowest BCUT2D eigenvalue weighted by molar-refractivity contribution is -0.125. The topological polar surface area (TPSA) is 64.3 Å². The Kier molecular flexibility index (Phi) is 4.99. The average molecular weight is 345 g/mol. The number of nitrogens with one attached hydrogen (secondary N) is 1. The summed E-state index contributed by atoms with van der Waals surface area (Å²) >= 11 is 3.16. The third kappa shape index (κ3) is 3.70. The van der Waals surface area contributed by atoms with E-state index < -0.39 is 5.82 Å². The van der Waals surface area contributed by atoms with Crippen LogP contribution in [-0.2, 0) is 4.79 Å². The molecule has 0 bridgehead atoms. The van der Waals surface area contributed by atoms with E-state index in [0.29, 0.717) is 11.0 Å². The smallest absolute Gasteiger partial charge is 0.258 e. The molecule has 1 fully saturated rings. The molecule has 20 heavy (non-hydrogen) atoms. The summed E-state index contributed by atoms with van der Waals surface area (Å²) in [5.41, 5.74) is 5.44. The van der Waals surface area contributed by atoms with Gasteiger partial charge in [0.15, 0.2) is 18.2 Å². The van der Waals surface area contributed by atoms with Crippen LogP contribution in [0.3, 0.4) is 0 Å². The predicted octanol–water partition coefficient (Wildman–Crippen LogP) is 2.35. The van der Waals surface area contributed by atoms with Crippen molar-refractivity contribution in [2.75, 3.05) is 13.2 Å². The molecule has 0 unspecified atom stereocenters. The van der Waals surface area contributed by atoms with Crippen molar-refractivity contribution >= 4 is 21.8 Å². The first-order chi connectivity index (χ1) is 9.54. The Balaban J connectivity index is 1.89. The molecule has 2 rings (SSSR count). The largest absolute Gasteiger partial charge is 0.481 e. The van der Waals surface area contributed by atoms with E-state index in [-0.39, 0.29) is 23.8 Å². The van der Waals surface area contributed by atoms with Gasteiger partial charge >= 0.3 is 0 Å². The molecule has 0 atom stereocenters. The van der Waals surface area contributed by atoms with Crippen LogP contribution in [0.5, 0.6) is 5.75 Å². The highest BCUT2D eigenvalue weighted by atomic mass is 79.9. The lowest BCUT2D eigenvalue weighted by atomic mass is 9.98. The van der Waals surface area contributed by atoms with Crippen molar-refractivity contribution < 1.29 is 13.9 Å². The number of ether oxygens (including phenoxy) is 1. The predicted molar refractivity (Wildman–Crippen MR) is 78.0 cm³/mol. The number of nitrogens with two attached hydrogens (primary N) is 1. The first-order valence-electron chi connectivity index (χ1n) is 6.64. The van der Waals surface area contributed by atoms with E-state index in [0.717, 1.165) is 25.7 Å². The van der Waals surface area contributed by atoms with E-state index >= 15 is 0 Å². The minimum absolute atomic E-state index is 0.0663. The van der Waals surface area contributed by atoms with Crippen LogP contribution < -0.4 is 15.8 Å². The summed E-state index contributed by atoms with van der Waals surface area (Å²) < 4.78 is 19.4. The molecule has 6 heteroatoms. The van der Waals surface area contributed by atoms with Gasteiger partial charge in [0.25, 0.3) is 5.91 Å². The van der Waals surface area contributed by atoms with Crippen molar-refractivity contribution in [3.63, 3.8) is 0 Å². The lowest BCUT2D eigenvalue weighted by Crippen LogP contribution is -2.52. The van der Waals surface area contributed by atoms with Crippen molar-refractivity contribution in [3.05, 3.63) is 28.5 Å². The first-order valence-corrected chi connectivity index (χ1v) is 7.43. The zero-order valence-corrected chi connectivity index (χ0v) is 12.7. The first kappa shape index (κ1) is 15.3. The fourth-order valence-corrected chi connectivity index (χ4v) is 2.83. The van der Waals surface area contributed by atoms with Crippen LogP contribution in [0.15, 0.2) is 22.7 Å². The number of carbonyl (C=O) groups is 1. The van der Waals surface area contributed by atoms with Gasteiger partial charge in [-0.1, -0.05) is 28.8 Å². The number of halogens is 2. The number of benzene rings is 1. The van der Waals surface area contributed by atoms with E-state index in [9.17, 15) is 9.18 Å². The molecule has 0 spiro atoms. The van der Waals surface area contributed by atoms with Gasteiger partial charge in [0, 0.05) is 11.0 Å². The zero-order chi connectivity index (χ0) is 14.6. The van der Waals surface area contributed by atoms with Gasteiger partial charge in [-0.05, 0) is 31.0 Å². The molecule has 1 amide bonds. The molecule has 0 saturated heterocycles. The number of hydrogen-bond donors (Lipinski definition) is 2. The fraction of sp³-hybridized carbons (Fsp3) is 0.500. The summed E-state index contributed by atoms with van der Waals surface area (Å²) in [5, 5.41) is 2.92. The second-order valence-electron chi connectivity index (χ2n) is 5.10. The van der Waals surface area contributed by atoms with Gasteiger partial charge in [0.2, 0.25) is 0 Å². The quantitative estimate of drug-likeness (QED) is 0.861. The summed E-state index contributed by atoms with van der Waals surface area (Å²) in [5.74, 6) is -0.696. The maximum atomic E-state index is 13.5. The highest BCUT2D eigenvalue weighted by Crippen LogP contribution is 2.28. The van der Waals surface area contributed by atoms with E-state index in [4.69, 9.17) is 10.5 Å². The fourth-order valence-electron chi connectivity index (χ4n) is 2.50. The summed E-state index contributed by atoms with van der Waals surface area (Å²) in [7, 11) is 0. The van der Waals surface area contributed by atoms with Crippen molar-refractivity contribution in [1.82, 2.24) is 5.32 Å². The second kappa shape index (κ2) is 6.54. The molecule has 4 nitrogen and oxygen atoms in total. The van der Waals surface area contributed by atoms with Crippen LogP contribution >= 0.6 is 15.9 Å². The Bertz CT molecular complexity index is 490. The number of rotatable bonds is 5. The molecule has 1 saturated carbocycles. The Morgan fingerprint density at radius 1 is 1.45 bits per heavy atom. The van der Waals surface area contributed by atoms with Gasteiger partial charge in [-0.2, -0.15) is 0 Å². The molecule has 1 aliphatic carbocycles. The Hall–Kier alpha value is -1.14. The summed E-state index contributed by atoms with van der Waals surface area (Å²) in [4.78, 5) is 11.9. The molecular weight excluding hydrogens is 327 g/mol. The Labute approximate surface area is 126 Å². The van der Waals surface area contributed by atoms with Crippen molar-refractivity contribution in [3.8, 4) is 5.75 Å². The maximum absolute atomic E-state index is 13.5. The van der Waals surface area contributed by atoms with E-state index in [1.165, 1.54) is 12.1 Å². The van der Waals surface area contributed by atoms with Crippen LogP contribution in [0.1, 0.15) is 25.7 Å². The van der Waals surface area contributed by atoms with Crippen molar-refractivity contribution in [2.45, 2.75) is 31.2 Å². The highest BCUT2D eigenvalue weighted by molar-refractivity contribution is 9.10. The average Bonchev–Trinajstić information content (AvgIpc) is 2.87. The third-order valence-corrected chi connectivity index (χ3v) is 4.10. The molecule has 1 aromatic rings. The minimum Gasteiger partial charge on any atom is -0.481 e. The van der Waals surface area contributed by atoms with Crippen molar-refractivity contribution in [1.29, 1.82) is 0 Å². The van der Waals surface area contributed by atoms with Gasteiger partial charge in [-0.25, -0.2) is 4.39 Å². The molecule has 0 aliphatic heterocycles. The van der Waals surface area contributed by atoms with E-state index in [1.807, 2.05) is 0 Å². The van der Waals surface area contributed by atoms with Crippen molar-refractivity contribution in [2.24, 2.45) is 5.73 Å². The summed E-state index contributed by atoms with van der Waals surface area (Å²) in [6, 6.07) is 4.45. The normalized spacial score (nSPS) is 16.9. The molecule has 110 valence electrons. The summed E-state index contributed by atoms with van der Waals surface area (Å²) in [6.45, 7) is 0.214. The number of amides is 1. The second-order valence-corrected chi connectivity index (χ2v) is 6.02. The SMILES string of the molecule is NCC1(NC(=O)COc2ccc(Br)cc2F)CCCC1. The molecule has 1 aromatic carbocycles. The zero-order valence-electron chi connectivity index (χ0n) is 11.1. The van der Waals surface area contributed by atoms with Gasteiger partial charge in [-0.3, -0.25) is 4.79 Å². The molecule has 3 N–H and O–H groups in total. The van der Waals surface area contributed by atoms with Crippen LogP contribution in [0, 0.1) is 5.82 Å². The highest BCUT2D eigenvalue weighted by Gasteiger charge is 2.33. The lowest BCUT2D eigenvalue weighted by Gasteiger charge is -2.28. The Morgan fingerprint density at radius 2 is 2.15 bits per heavy atom. The van der Waals surface area contributed by atoms with Gasteiger partial charge < -0.3 is 15.8 Å². The van der Waals surface area contributed by atoms with Gasteiger partial charge in [0.1, 0.15) is 0 Å². The maximum Gasteiger partial charge on any atom is 0.258 e. The van der Waals surface area contributed by atoms with E-state index in [1.54, 1.807) is 6.07 Å². The summed E-state index contributed by atoms with van der Waals surface area (Å²) in [6.07, 6.45) is 3.92. The standard InChI is InChI=1S/C14H18BrFN2O2/c15-10-3-4-12(11(16)7-10)20-8-13(19)18-14(9-17)5-1-2-6-14/h3-4,7H,1-2,5-6,8-9,17H2,(H,18,19). The van der Waals surface area contributed by atoms with Crippen LogP contribution in [0.2, 0.25) is 0 Å². The molecule has 0 heterocycles. The number of carbonyl (C=O) groups excluding carboxylic acids is 1. The number of hydrogen-bond acceptors (Lipinski definition) is 3. The van der Waals surface area contributed by atoms with Crippen LogP contribution in [0.25, 0.3) is 0 Å². The molecule has 0 aromatic heterocycles.